The second-order valence-electron chi connectivity index (χ2n) is 3.15. The first kappa shape index (κ1) is 13.5. The van der Waals surface area contributed by atoms with E-state index in [9.17, 15) is 8.42 Å². The fraction of sp³-hybridized carbons (Fsp3) is 0.444. The van der Waals surface area contributed by atoms with Crippen LogP contribution in [-0.4, -0.2) is 14.5 Å². The minimum Gasteiger partial charge on any atom is -0.206 e. The quantitative estimate of drug-likeness (QED) is 0.899. The third-order valence-electron chi connectivity index (χ3n) is 1.84. The summed E-state index contributed by atoms with van der Waals surface area (Å²) in [6, 6.07) is 4.17. The predicted molar refractivity (Wildman–Crippen MR) is 64.0 cm³/mol. The fourth-order valence-corrected chi connectivity index (χ4v) is 3.80. The maximum atomic E-state index is 11.8. The van der Waals surface area contributed by atoms with E-state index in [0.29, 0.717) is 10.8 Å². The number of nitrogens with one attached hydrogen (secondary N) is 1. The molecule has 1 atom stereocenters. The molecule has 0 aliphatic heterocycles. The van der Waals surface area contributed by atoms with E-state index in [4.69, 9.17) is 16.9 Å². The lowest BCUT2D eigenvalue weighted by molar-refractivity contribution is 0.565. The molecule has 0 aliphatic carbocycles. The third-order valence-corrected chi connectivity index (χ3v) is 5.04. The summed E-state index contributed by atoms with van der Waals surface area (Å²) >= 11 is 6.63. The van der Waals surface area contributed by atoms with Crippen molar-refractivity contribution in [3.63, 3.8) is 0 Å². The molecule has 0 fully saturated rings. The number of rotatable bonds is 5. The Labute approximate surface area is 104 Å². The summed E-state index contributed by atoms with van der Waals surface area (Å²) in [6.45, 7) is 1.89. The molecule has 1 aromatic heterocycles. The summed E-state index contributed by atoms with van der Waals surface area (Å²) in [5, 5.41) is 8.77. The molecule has 7 heteroatoms. The molecule has 1 N–H and O–H groups in total. The highest BCUT2D eigenvalue weighted by molar-refractivity contribution is 7.91. The highest BCUT2D eigenvalue weighted by Gasteiger charge is 2.20. The average molecular weight is 279 g/mol. The van der Waals surface area contributed by atoms with Crippen molar-refractivity contribution in [2.24, 2.45) is 0 Å². The van der Waals surface area contributed by atoms with Crippen molar-refractivity contribution in [2.45, 2.75) is 30.0 Å². The molecular formula is C9H11ClN2O2S2. The van der Waals surface area contributed by atoms with Gasteiger partial charge in [-0.15, -0.1) is 11.3 Å². The molecule has 1 aromatic rings. The van der Waals surface area contributed by atoms with Crippen molar-refractivity contribution in [2.75, 3.05) is 0 Å². The smallest absolute Gasteiger partial charge is 0.206 e. The van der Waals surface area contributed by atoms with Gasteiger partial charge in [-0.25, -0.2) is 8.42 Å². The molecule has 16 heavy (non-hydrogen) atoms. The Morgan fingerprint density at radius 2 is 2.31 bits per heavy atom. The molecule has 0 saturated carbocycles. The van der Waals surface area contributed by atoms with Crippen LogP contribution in [0.5, 0.6) is 0 Å². The summed E-state index contributed by atoms with van der Waals surface area (Å²) in [5.74, 6) is 0. The molecule has 0 saturated heterocycles. The monoisotopic (exact) mass is 278 g/mol. The summed E-state index contributed by atoms with van der Waals surface area (Å²) in [5.41, 5.74) is 0. The molecular weight excluding hydrogens is 268 g/mol. The minimum absolute atomic E-state index is 0.133. The van der Waals surface area contributed by atoms with Gasteiger partial charge in [0.2, 0.25) is 0 Å². The molecule has 0 unspecified atom stereocenters. The molecule has 1 heterocycles. The van der Waals surface area contributed by atoms with E-state index in [0.717, 1.165) is 17.8 Å². The van der Waals surface area contributed by atoms with E-state index >= 15 is 0 Å². The van der Waals surface area contributed by atoms with E-state index in [2.05, 4.69) is 4.72 Å². The number of hydrogen-bond donors (Lipinski definition) is 1. The molecule has 88 valence electrons. The molecule has 1 rings (SSSR count). The molecule has 0 aliphatic rings. The molecule has 4 nitrogen and oxygen atoms in total. The molecule has 0 spiro atoms. The standard InChI is InChI=1S/C9H11ClN2O2S2/c1-2-3-7(6-11)12-16(13,14)9-5-4-8(10)15-9/h4-5,7,12H,2-3H2,1H3/t7-/m0/s1. The Hall–Kier alpha value is -0.610. The largest absolute Gasteiger partial charge is 0.251 e. The lowest BCUT2D eigenvalue weighted by Crippen LogP contribution is -2.33. The first-order valence-corrected chi connectivity index (χ1v) is 7.34. The van der Waals surface area contributed by atoms with Gasteiger partial charge in [-0.05, 0) is 18.6 Å². The maximum Gasteiger partial charge on any atom is 0.251 e. The van der Waals surface area contributed by atoms with Crippen LogP contribution < -0.4 is 4.72 Å². The van der Waals surface area contributed by atoms with Crippen molar-refractivity contribution in [3.8, 4) is 6.07 Å². The second-order valence-corrected chi connectivity index (χ2v) is 6.81. The molecule has 0 aromatic carbocycles. The summed E-state index contributed by atoms with van der Waals surface area (Å²) in [4.78, 5) is 0. The van der Waals surface area contributed by atoms with E-state index in [1.807, 2.05) is 13.0 Å². The van der Waals surface area contributed by atoms with Crippen molar-refractivity contribution in [3.05, 3.63) is 16.5 Å². The zero-order valence-electron chi connectivity index (χ0n) is 8.60. The van der Waals surface area contributed by atoms with Gasteiger partial charge in [0.15, 0.2) is 0 Å². The summed E-state index contributed by atoms with van der Waals surface area (Å²) < 4.78 is 26.4. The van der Waals surface area contributed by atoms with Crippen LogP contribution in [0.4, 0.5) is 0 Å². The number of nitriles is 1. The number of sulfonamides is 1. The van der Waals surface area contributed by atoms with Crippen LogP contribution in [0.15, 0.2) is 16.3 Å². The van der Waals surface area contributed by atoms with Gasteiger partial charge in [0.05, 0.1) is 10.4 Å². The van der Waals surface area contributed by atoms with Crippen LogP contribution in [0.1, 0.15) is 19.8 Å². The number of nitrogens with zero attached hydrogens (tertiary/aromatic N) is 1. The Bertz CT molecular complexity index is 490. The zero-order valence-corrected chi connectivity index (χ0v) is 11.0. The van der Waals surface area contributed by atoms with E-state index < -0.39 is 16.1 Å². The van der Waals surface area contributed by atoms with Gasteiger partial charge in [-0.3, -0.25) is 0 Å². The van der Waals surface area contributed by atoms with Gasteiger partial charge in [-0.1, -0.05) is 24.9 Å². The summed E-state index contributed by atoms with van der Waals surface area (Å²) in [6.07, 6.45) is 1.24. The fourth-order valence-electron chi connectivity index (χ4n) is 1.13. The average Bonchev–Trinajstić information content (AvgIpc) is 2.64. The second kappa shape index (κ2) is 5.64. The Morgan fingerprint density at radius 1 is 1.62 bits per heavy atom. The highest BCUT2D eigenvalue weighted by Crippen LogP contribution is 2.25. The number of halogens is 1. The van der Waals surface area contributed by atoms with Gasteiger partial charge in [-0.2, -0.15) is 9.98 Å². The highest BCUT2D eigenvalue weighted by atomic mass is 35.5. The Balaban J connectivity index is 2.84. The normalized spacial score (nSPS) is 13.3. The van der Waals surface area contributed by atoms with Gasteiger partial charge < -0.3 is 0 Å². The minimum atomic E-state index is -3.61. The third kappa shape index (κ3) is 3.46. The van der Waals surface area contributed by atoms with Gasteiger partial charge in [0.1, 0.15) is 10.3 Å². The lowest BCUT2D eigenvalue weighted by atomic mass is 10.2. The number of hydrogen-bond acceptors (Lipinski definition) is 4. The van der Waals surface area contributed by atoms with E-state index in [-0.39, 0.29) is 4.21 Å². The first-order valence-electron chi connectivity index (χ1n) is 4.67. The van der Waals surface area contributed by atoms with Crippen molar-refractivity contribution < 1.29 is 8.42 Å². The van der Waals surface area contributed by atoms with Crippen LogP contribution in [0.25, 0.3) is 0 Å². The Kier molecular flexibility index (Phi) is 4.74. The van der Waals surface area contributed by atoms with Gasteiger partial charge in [0.25, 0.3) is 10.0 Å². The van der Waals surface area contributed by atoms with Crippen molar-refractivity contribution >= 4 is 33.0 Å². The SMILES string of the molecule is CCC[C@@H](C#N)NS(=O)(=O)c1ccc(Cl)s1. The molecule has 0 amide bonds. The molecule has 0 bridgehead atoms. The lowest BCUT2D eigenvalue weighted by Gasteiger charge is -2.09. The molecule has 0 radical (unpaired) electrons. The summed E-state index contributed by atoms with van der Waals surface area (Å²) in [7, 11) is -3.61. The van der Waals surface area contributed by atoms with E-state index in [1.54, 1.807) is 0 Å². The van der Waals surface area contributed by atoms with Crippen LogP contribution in [0.2, 0.25) is 4.34 Å². The van der Waals surface area contributed by atoms with Crippen LogP contribution >= 0.6 is 22.9 Å². The number of thiophene rings is 1. The van der Waals surface area contributed by atoms with Crippen molar-refractivity contribution in [1.82, 2.24) is 4.72 Å². The maximum absolute atomic E-state index is 11.8. The topological polar surface area (TPSA) is 70.0 Å². The van der Waals surface area contributed by atoms with Gasteiger partial charge >= 0.3 is 0 Å². The van der Waals surface area contributed by atoms with Crippen molar-refractivity contribution in [1.29, 1.82) is 5.26 Å². The Morgan fingerprint density at radius 3 is 2.75 bits per heavy atom. The first-order chi connectivity index (χ1) is 7.49. The van der Waals surface area contributed by atoms with E-state index in [1.165, 1.54) is 12.1 Å². The zero-order chi connectivity index (χ0) is 12.2. The van der Waals surface area contributed by atoms with Crippen LogP contribution in [-0.2, 0) is 10.0 Å². The van der Waals surface area contributed by atoms with Crippen LogP contribution in [0.3, 0.4) is 0 Å². The van der Waals surface area contributed by atoms with Crippen LogP contribution in [0, 0.1) is 11.3 Å². The predicted octanol–water partition coefficient (Wildman–Crippen LogP) is 2.37. The van der Waals surface area contributed by atoms with Gasteiger partial charge in [0, 0.05) is 0 Å².